The van der Waals surface area contributed by atoms with Gasteiger partial charge in [-0.05, 0) is 6.92 Å². The largest absolute Gasteiger partial charge is 0.490 e. The lowest BCUT2D eigenvalue weighted by atomic mass is 10.4. The third-order valence-corrected chi connectivity index (χ3v) is 3.32. The van der Waals surface area contributed by atoms with Crippen molar-refractivity contribution < 1.29 is 9.47 Å². The summed E-state index contributed by atoms with van der Waals surface area (Å²) in [6, 6.07) is 0. The van der Waals surface area contributed by atoms with Crippen LogP contribution < -0.4 is 10.1 Å². The number of hydrogen-bond donors (Lipinski definition) is 1. The molecule has 0 aromatic carbocycles. The number of thioether (sulfide) groups is 1. The van der Waals surface area contributed by atoms with E-state index in [2.05, 4.69) is 15.3 Å². The molecule has 1 aromatic rings. The maximum absolute atomic E-state index is 5.35. The van der Waals surface area contributed by atoms with Crippen LogP contribution in [0.2, 0.25) is 0 Å². The topological polar surface area (TPSA) is 56.3 Å². The molecule has 2 rings (SSSR count). The zero-order valence-corrected chi connectivity index (χ0v) is 10.2. The van der Waals surface area contributed by atoms with E-state index in [1.54, 1.807) is 25.2 Å². The van der Waals surface area contributed by atoms with Crippen LogP contribution in [0.15, 0.2) is 11.4 Å². The van der Waals surface area contributed by atoms with Crippen LogP contribution in [0.5, 0.6) is 5.75 Å². The van der Waals surface area contributed by atoms with E-state index in [1.165, 1.54) is 0 Å². The number of nitrogens with one attached hydrogen (secondary N) is 1. The predicted molar refractivity (Wildman–Crippen MR) is 63.2 cm³/mol. The molecule has 1 saturated heterocycles. The van der Waals surface area contributed by atoms with Crippen molar-refractivity contribution in [3.63, 3.8) is 0 Å². The second-order valence-corrected chi connectivity index (χ2v) is 4.66. The van der Waals surface area contributed by atoms with Gasteiger partial charge in [-0.3, -0.25) is 0 Å². The van der Waals surface area contributed by atoms with Crippen LogP contribution in [0.1, 0.15) is 6.92 Å². The lowest BCUT2D eigenvalue weighted by Gasteiger charge is -2.25. The van der Waals surface area contributed by atoms with Gasteiger partial charge < -0.3 is 14.8 Å². The van der Waals surface area contributed by atoms with E-state index in [1.807, 2.05) is 6.92 Å². The van der Waals surface area contributed by atoms with Crippen molar-refractivity contribution >= 4 is 17.6 Å². The minimum Gasteiger partial charge on any atom is -0.490 e. The fourth-order valence-corrected chi connectivity index (χ4v) is 2.40. The first-order valence-corrected chi connectivity index (χ1v) is 6.10. The van der Waals surface area contributed by atoms with E-state index in [-0.39, 0.29) is 0 Å². The second-order valence-electron chi connectivity index (χ2n) is 3.37. The molecule has 0 amide bonds. The highest BCUT2D eigenvalue weighted by atomic mass is 32.2. The Bertz CT molecular complexity index is 358. The van der Waals surface area contributed by atoms with Gasteiger partial charge in [-0.1, -0.05) is 11.8 Å². The lowest BCUT2D eigenvalue weighted by Crippen LogP contribution is -2.30. The Kier molecular flexibility index (Phi) is 3.84. The highest BCUT2D eigenvalue weighted by Crippen LogP contribution is 2.36. The molecule has 1 aromatic heterocycles. The van der Waals surface area contributed by atoms with Crippen molar-refractivity contribution in [1.82, 2.24) is 9.97 Å². The van der Waals surface area contributed by atoms with Gasteiger partial charge in [-0.2, -0.15) is 0 Å². The van der Waals surface area contributed by atoms with Crippen molar-refractivity contribution in [2.45, 2.75) is 17.2 Å². The number of aromatic nitrogens is 2. The Labute approximate surface area is 99.0 Å². The van der Waals surface area contributed by atoms with Gasteiger partial charge in [0.2, 0.25) is 0 Å². The maximum atomic E-state index is 5.35. The van der Waals surface area contributed by atoms with Crippen molar-refractivity contribution in [1.29, 1.82) is 0 Å². The molecular weight excluding hydrogens is 226 g/mol. The fraction of sp³-hybridized carbons (Fsp3) is 0.600. The smallest absolute Gasteiger partial charge is 0.193 e. The average molecular weight is 241 g/mol. The van der Waals surface area contributed by atoms with E-state index in [0.717, 1.165) is 36.4 Å². The molecule has 0 saturated carbocycles. The third-order valence-electron chi connectivity index (χ3n) is 2.21. The van der Waals surface area contributed by atoms with Gasteiger partial charge in [0.05, 0.1) is 25.6 Å². The molecule has 0 atom stereocenters. The van der Waals surface area contributed by atoms with E-state index in [0.29, 0.717) is 5.25 Å². The van der Waals surface area contributed by atoms with Crippen LogP contribution in [0.3, 0.4) is 0 Å². The molecule has 0 unspecified atom stereocenters. The summed E-state index contributed by atoms with van der Waals surface area (Å²) in [7, 11) is 1.64. The molecule has 1 N–H and O–H groups in total. The molecule has 0 aliphatic carbocycles. The Balaban J connectivity index is 2.17. The van der Waals surface area contributed by atoms with Gasteiger partial charge in [-0.15, -0.1) is 0 Å². The minimum absolute atomic E-state index is 0.485. The molecular formula is C10H15N3O2S. The molecule has 1 aliphatic heterocycles. The maximum Gasteiger partial charge on any atom is 0.193 e. The number of hydrogen-bond acceptors (Lipinski definition) is 6. The van der Waals surface area contributed by atoms with Crippen LogP contribution in [-0.2, 0) is 4.74 Å². The van der Waals surface area contributed by atoms with Crippen molar-refractivity contribution in [3.05, 3.63) is 6.33 Å². The molecule has 2 heterocycles. The molecule has 16 heavy (non-hydrogen) atoms. The predicted octanol–water partition coefficient (Wildman–Crippen LogP) is 1.41. The number of anilines is 1. The van der Waals surface area contributed by atoms with Crippen LogP contribution in [-0.4, -0.2) is 42.1 Å². The Morgan fingerprint density at radius 2 is 2.38 bits per heavy atom. The summed E-state index contributed by atoms with van der Waals surface area (Å²) in [5, 5.41) is 4.52. The molecule has 0 bridgehead atoms. The SMILES string of the molecule is CCNc1ncnc(SC2COC2)c1OC. The first-order chi connectivity index (χ1) is 7.85. The molecule has 88 valence electrons. The number of methoxy groups -OCH3 is 1. The van der Waals surface area contributed by atoms with Gasteiger partial charge in [0.15, 0.2) is 11.6 Å². The molecule has 0 spiro atoms. The zero-order chi connectivity index (χ0) is 11.4. The van der Waals surface area contributed by atoms with E-state index < -0.39 is 0 Å². The van der Waals surface area contributed by atoms with Crippen molar-refractivity contribution in [3.8, 4) is 5.75 Å². The highest BCUT2D eigenvalue weighted by molar-refractivity contribution is 8.00. The molecule has 6 heteroatoms. The lowest BCUT2D eigenvalue weighted by molar-refractivity contribution is 0.0454. The van der Waals surface area contributed by atoms with Crippen molar-refractivity contribution in [2.24, 2.45) is 0 Å². The summed E-state index contributed by atoms with van der Waals surface area (Å²) in [6.45, 7) is 4.40. The van der Waals surface area contributed by atoms with E-state index in [4.69, 9.17) is 9.47 Å². The Hall–Kier alpha value is -1.01. The minimum atomic E-state index is 0.485. The first kappa shape index (κ1) is 11.5. The Morgan fingerprint density at radius 3 is 2.94 bits per heavy atom. The number of nitrogens with zero attached hydrogens (tertiary/aromatic N) is 2. The summed E-state index contributed by atoms with van der Waals surface area (Å²) < 4.78 is 10.5. The summed E-state index contributed by atoms with van der Waals surface area (Å²) >= 11 is 1.68. The quantitative estimate of drug-likeness (QED) is 0.787. The van der Waals surface area contributed by atoms with Crippen LogP contribution in [0.4, 0.5) is 5.82 Å². The molecule has 1 aliphatic rings. The molecule has 1 fully saturated rings. The fourth-order valence-electron chi connectivity index (χ4n) is 1.36. The van der Waals surface area contributed by atoms with Gasteiger partial charge in [-0.25, -0.2) is 9.97 Å². The number of ether oxygens (including phenoxy) is 2. The van der Waals surface area contributed by atoms with Crippen LogP contribution in [0.25, 0.3) is 0 Å². The Morgan fingerprint density at radius 1 is 1.56 bits per heavy atom. The first-order valence-electron chi connectivity index (χ1n) is 5.22. The third kappa shape index (κ3) is 2.38. The second kappa shape index (κ2) is 5.36. The van der Waals surface area contributed by atoms with Gasteiger partial charge in [0, 0.05) is 6.54 Å². The monoisotopic (exact) mass is 241 g/mol. The summed E-state index contributed by atoms with van der Waals surface area (Å²) in [6.07, 6.45) is 1.56. The van der Waals surface area contributed by atoms with Gasteiger partial charge >= 0.3 is 0 Å². The highest BCUT2D eigenvalue weighted by Gasteiger charge is 2.23. The summed E-state index contributed by atoms with van der Waals surface area (Å²) in [5.74, 6) is 1.48. The van der Waals surface area contributed by atoms with Gasteiger partial charge in [0.25, 0.3) is 0 Å². The normalized spacial score (nSPS) is 15.6. The standard InChI is InChI=1S/C10H15N3O2S/c1-3-11-9-8(14-2)10(13-6-12-9)16-7-4-15-5-7/h6-7H,3-5H2,1-2H3,(H,11,12,13). The summed E-state index contributed by atoms with van der Waals surface area (Å²) in [5.41, 5.74) is 0. The van der Waals surface area contributed by atoms with Gasteiger partial charge in [0.1, 0.15) is 11.4 Å². The number of rotatable bonds is 5. The zero-order valence-electron chi connectivity index (χ0n) is 9.40. The molecule has 5 nitrogen and oxygen atoms in total. The van der Waals surface area contributed by atoms with E-state index >= 15 is 0 Å². The summed E-state index contributed by atoms with van der Waals surface area (Å²) in [4.78, 5) is 8.40. The van der Waals surface area contributed by atoms with E-state index in [9.17, 15) is 0 Å². The average Bonchev–Trinajstić information content (AvgIpc) is 2.24. The van der Waals surface area contributed by atoms with Crippen LogP contribution >= 0.6 is 11.8 Å². The van der Waals surface area contributed by atoms with Crippen LogP contribution in [0, 0.1) is 0 Å². The van der Waals surface area contributed by atoms with Crippen molar-refractivity contribution in [2.75, 3.05) is 32.2 Å². The molecule has 0 radical (unpaired) electrons.